The van der Waals surface area contributed by atoms with Gasteiger partial charge in [-0.25, -0.2) is 0 Å². The molecule has 0 bridgehead atoms. The summed E-state index contributed by atoms with van der Waals surface area (Å²) in [6.45, 7) is 15.7. The van der Waals surface area contributed by atoms with Gasteiger partial charge in [0, 0.05) is 0 Å². The van der Waals surface area contributed by atoms with Crippen LogP contribution in [0.15, 0.2) is 60.2 Å². The lowest BCUT2D eigenvalue weighted by Crippen LogP contribution is -2.43. The van der Waals surface area contributed by atoms with E-state index in [0.29, 0.717) is 0 Å². The van der Waals surface area contributed by atoms with E-state index in [1.54, 1.807) is 0 Å². The first-order chi connectivity index (χ1) is 10.6. The average Bonchev–Trinajstić information content (AvgIpc) is 2.46. The maximum absolute atomic E-state index is 6.41. The zero-order valence-corrected chi connectivity index (χ0v) is 16.8. The Morgan fingerprint density at radius 3 is 2.22 bits per heavy atom. The summed E-state index contributed by atoms with van der Waals surface area (Å²) in [5.41, 5.74) is 2.48. The molecule has 1 unspecified atom stereocenters. The molecule has 0 amide bonds. The van der Waals surface area contributed by atoms with Gasteiger partial charge in [-0.15, -0.1) is 0 Å². The van der Waals surface area contributed by atoms with Crippen molar-refractivity contribution in [3.8, 4) is 0 Å². The molecule has 0 aromatic heterocycles. The lowest BCUT2D eigenvalue weighted by atomic mass is 10.2. The third-order valence-corrected chi connectivity index (χ3v) is 9.14. The summed E-state index contributed by atoms with van der Waals surface area (Å²) in [5.74, 6) is 0. The molecular weight excluding hydrogens is 296 g/mol. The van der Waals surface area contributed by atoms with Crippen LogP contribution in [0.3, 0.4) is 0 Å². The standard InChI is InChI=1S/C21H32OSi/c1-18(19(2)22-23(6,7)21(3,4)5)14-10-8-11-15-20-16-12-9-13-17-20/h8-17,19H,1-7H3/b10-8+,15-11+,18-14+. The number of rotatable bonds is 6. The van der Waals surface area contributed by atoms with Gasteiger partial charge in [-0.3, -0.25) is 0 Å². The molecule has 23 heavy (non-hydrogen) atoms. The molecule has 0 saturated carbocycles. The van der Waals surface area contributed by atoms with Crippen molar-refractivity contribution >= 4 is 14.4 Å². The number of hydrogen-bond acceptors (Lipinski definition) is 1. The van der Waals surface area contributed by atoms with Crippen molar-refractivity contribution in [1.82, 2.24) is 0 Å². The summed E-state index contributed by atoms with van der Waals surface area (Å²) in [6.07, 6.45) is 10.6. The first-order valence-electron chi connectivity index (χ1n) is 8.38. The number of benzene rings is 1. The third kappa shape index (κ3) is 6.72. The maximum atomic E-state index is 6.41. The molecule has 0 aliphatic heterocycles. The van der Waals surface area contributed by atoms with Gasteiger partial charge in [-0.05, 0) is 43.1 Å². The molecule has 1 nitrogen and oxygen atoms in total. The normalized spacial score (nSPS) is 15.5. The smallest absolute Gasteiger partial charge is 0.192 e. The molecule has 1 atom stereocenters. The minimum absolute atomic E-state index is 0.165. The van der Waals surface area contributed by atoms with E-state index in [9.17, 15) is 0 Å². The third-order valence-electron chi connectivity index (χ3n) is 4.59. The second-order valence-corrected chi connectivity index (χ2v) is 12.3. The number of allylic oxidation sites excluding steroid dienone is 4. The molecule has 0 saturated heterocycles. The van der Waals surface area contributed by atoms with Gasteiger partial charge in [0.25, 0.3) is 0 Å². The quantitative estimate of drug-likeness (QED) is 0.421. The fourth-order valence-electron chi connectivity index (χ4n) is 1.85. The van der Waals surface area contributed by atoms with E-state index in [1.165, 1.54) is 11.1 Å². The van der Waals surface area contributed by atoms with Gasteiger partial charge in [0.05, 0.1) is 6.10 Å². The second kappa shape index (κ2) is 8.46. The fraction of sp³-hybridized carbons (Fsp3) is 0.429. The maximum Gasteiger partial charge on any atom is 0.192 e. The minimum Gasteiger partial charge on any atom is -0.411 e. The molecule has 0 N–H and O–H groups in total. The Morgan fingerprint density at radius 2 is 1.65 bits per heavy atom. The van der Waals surface area contributed by atoms with Crippen LogP contribution >= 0.6 is 0 Å². The van der Waals surface area contributed by atoms with Crippen LogP contribution in [0.2, 0.25) is 18.1 Å². The van der Waals surface area contributed by atoms with Crippen LogP contribution in [-0.4, -0.2) is 14.4 Å². The molecule has 0 fully saturated rings. The molecule has 0 heterocycles. The predicted molar refractivity (Wildman–Crippen MR) is 106 cm³/mol. The highest BCUT2D eigenvalue weighted by Crippen LogP contribution is 2.37. The molecule has 0 aliphatic carbocycles. The molecule has 0 radical (unpaired) electrons. The number of hydrogen-bond donors (Lipinski definition) is 0. The topological polar surface area (TPSA) is 9.23 Å². The van der Waals surface area contributed by atoms with Crippen molar-refractivity contribution in [3.63, 3.8) is 0 Å². The van der Waals surface area contributed by atoms with Crippen LogP contribution in [0.4, 0.5) is 0 Å². The van der Waals surface area contributed by atoms with Crippen LogP contribution in [0.25, 0.3) is 6.08 Å². The molecule has 0 spiro atoms. The van der Waals surface area contributed by atoms with E-state index >= 15 is 0 Å². The zero-order chi connectivity index (χ0) is 17.5. The van der Waals surface area contributed by atoms with Gasteiger partial charge < -0.3 is 4.43 Å². The molecule has 1 aromatic carbocycles. The Morgan fingerprint density at radius 1 is 1.04 bits per heavy atom. The monoisotopic (exact) mass is 328 g/mol. The Balaban J connectivity index is 2.59. The summed E-state index contributed by atoms with van der Waals surface area (Å²) in [4.78, 5) is 0. The van der Waals surface area contributed by atoms with Crippen molar-refractivity contribution in [3.05, 3.63) is 65.8 Å². The van der Waals surface area contributed by atoms with Crippen LogP contribution in [0.1, 0.15) is 40.2 Å². The molecule has 2 heteroatoms. The SMILES string of the molecule is C\C(=C/C=C/C=C/c1ccccc1)C(C)O[Si](C)(C)C(C)(C)C. The summed E-state index contributed by atoms with van der Waals surface area (Å²) < 4.78 is 6.41. The summed E-state index contributed by atoms with van der Waals surface area (Å²) in [7, 11) is -1.71. The average molecular weight is 329 g/mol. The first-order valence-corrected chi connectivity index (χ1v) is 11.3. The van der Waals surface area contributed by atoms with Crippen molar-refractivity contribution in [2.24, 2.45) is 0 Å². The second-order valence-electron chi connectivity index (χ2n) is 7.59. The molecular formula is C21H32OSi. The van der Waals surface area contributed by atoms with E-state index in [1.807, 2.05) is 18.2 Å². The summed E-state index contributed by atoms with van der Waals surface area (Å²) >= 11 is 0. The highest BCUT2D eigenvalue weighted by atomic mass is 28.4. The van der Waals surface area contributed by atoms with Gasteiger partial charge in [-0.1, -0.05) is 81.5 Å². The first kappa shape index (κ1) is 19.7. The van der Waals surface area contributed by atoms with E-state index in [-0.39, 0.29) is 11.1 Å². The van der Waals surface area contributed by atoms with E-state index in [4.69, 9.17) is 4.43 Å². The van der Waals surface area contributed by atoms with Crippen LogP contribution in [0.5, 0.6) is 0 Å². The summed E-state index contributed by atoms with van der Waals surface area (Å²) in [5, 5.41) is 0.246. The minimum atomic E-state index is -1.71. The Kier molecular flexibility index (Phi) is 7.24. The van der Waals surface area contributed by atoms with Gasteiger partial charge in [0.1, 0.15) is 0 Å². The lowest BCUT2D eigenvalue weighted by Gasteiger charge is -2.38. The van der Waals surface area contributed by atoms with Crippen molar-refractivity contribution in [2.75, 3.05) is 0 Å². The fourth-order valence-corrected chi connectivity index (χ4v) is 3.27. The van der Waals surface area contributed by atoms with E-state index < -0.39 is 8.32 Å². The molecule has 1 aromatic rings. The highest BCUT2D eigenvalue weighted by molar-refractivity contribution is 6.74. The van der Waals surface area contributed by atoms with Crippen LogP contribution < -0.4 is 0 Å². The van der Waals surface area contributed by atoms with Crippen molar-refractivity contribution in [2.45, 2.75) is 58.9 Å². The van der Waals surface area contributed by atoms with Gasteiger partial charge in [-0.2, -0.15) is 0 Å². The van der Waals surface area contributed by atoms with Crippen LogP contribution in [0, 0.1) is 0 Å². The van der Waals surface area contributed by atoms with E-state index in [0.717, 1.165) is 0 Å². The van der Waals surface area contributed by atoms with Crippen molar-refractivity contribution < 1.29 is 4.43 Å². The van der Waals surface area contributed by atoms with E-state index in [2.05, 4.69) is 90.2 Å². The lowest BCUT2D eigenvalue weighted by molar-refractivity contribution is 0.232. The zero-order valence-electron chi connectivity index (χ0n) is 15.8. The Hall–Kier alpha value is -1.38. The van der Waals surface area contributed by atoms with Gasteiger partial charge in [0.15, 0.2) is 8.32 Å². The molecule has 1 rings (SSSR count). The molecule has 0 aliphatic rings. The molecule has 126 valence electrons. The Labute approximate surface area is 143 Å². The highest BCUT2D eigenvalue weighted by Gasteiger charge is 2.38. The Bertz CT molecular complexity index is 559. The predicted octanol–water partition coefficient (Wildman–Crippen LogP) is 6.61. The largest absolute Gasteiger partial charge is 0.411 e. The van der Waals surface area contributed by atoms with Crippen molar-refractivity contribution in [1.29, 1.82) is 0 Å². The van der Waals surface area contributed by atoms with Gasteiger partial charge in [0.2, 0.25) is 0 Å². The van der Waals surface area contributed by atoms with Crippen LogP contribution in [-0.2, 0) is 4.43 Å². The van der Waals surface area contributed by atoms with Gasteiger partial charge >= 0.3 is 0 Å². The summed E-state index contributed by atoms with van der Waals surface area (Å²) in [6, 6.07) is 10.3.